The molecule has 5 heteroatoms. The smallest absolute Gasteiger partial charge is 0.164 e. The summed E-state index contributed by atoms with van der Waals surface area (Å²) < 4.78 is 7.16. The average molecular weight is 196 g/mol. The molecule has 1 N–H and O–H groups in total. The Kier molecular flexibility index (Phi) is 2.79. The highest BCUT2D eigenvalue weighted by molar-refractivity contribution is 4.85. The molecule has 1 aromatic heterocycles. The first-order valence-corrected chi connectivity index (χ1v) is 4.95. The summed E-state index contributed by atoms with van der Waals surface area (Å²) in [7, 11) is 1.87. The van der Waals surface area contributed by atoms with Crippen molar-refractivity contribution >= 4 is 0 Å². The quantitative estimate of drug-likeness (QED) is 0.744. The van der Waals surface area contributed by atoms with E-state index in [2.05, 4.69) is 22.3 Å². The number of aryl methyl sites for hydroxylation is 1. The van der Waals surface area contributed by atoms with E-state index in [4.69, 9.17) is 4.74 Å². The number of nitrogens with one attached hydrogen (secondary N) is 1. The summed E-state index contributed by atoms with van der Waals surface area (Å²) in [4.78, 5) is 4.15. The fourth-order valence-electron chi connectivity index (χ4n) is 1.69. The first-order valence-electron chi connectivity index (χ1n) is 4.95. The molecule has 5 nitrogen and oxygen atoms in total. The molecule has 1 aliphatic heterocycles. The molecule has 1 aliphatic rings. The Balaban J connectivity index is 1.82. The third-order valence-electron chi connectivity index (χ3n) is 2.55. The Hall–Kier alpha value is -0.940. The second kappa shape index (κ2) is 4.06. The van der Waals surface area contributed by atoms with Crippen molar-refractivity contribution in [3.05, 3.63) is 12.2 Å². The van der Waals surface area contributed by atoms with E-state index >= 15 is 0 Å². The summed E-state index contributed by atoms with van der Waals surface area (Å²) in [6.45, 7) is 3.67. The molecule has 0 amide bonds. The van der Waals surface area contributed by atoms with Gasteiger partial charge in [0, 0.05) is 19.7 Å². The van der Waals surface area contributed by atoms with Gasteiger partial charge in [0.1, 0.15) is 6.33 Å². The standard InChI is InChI=1S/C9H16N4O/c1-7-8(3-4-14-7)10-5-9-11-6-13(2)12-9/h6-8,10H,3-5H2,1-2H3. The van der Waals surface area contributed by atoms with E-state index < -0.39 is 0 Å². The minimum Gasteiger partial charge on any atom is -0.377 e. The summed E-state index contributed by atoms with van der Waals surface area (Å²) >= 11 is 0. The minimum absolute atomic E-state index is 0.304. The number of ether oxygens (including phenoxy) is 1. The Bertz CT molecular complexity index is 299. The Morgan fingerprint density at radius 1 is 1.71 bits per heavy atom. The molecule has 14 heavy (non-hydrogen) atoms. The van der Waals surface area contributed by atoms with Gasteiger partial charge in [-0.05, 0) is 13.3 Å². The van der Waals surface area contributed by atoms with E-state index in [-0.39, 0.29) is 0 Å². The summed E-state index contributed by atoms with van der Waals surface area (Å²) in [6, 6.07) is 0.443. The van der Waals surface area contributed by atoms with Gasteiger partial charge in [-0.1, -0.05) is 0 Å². The lowest BCUT2D eigenvalue weighted by atomic mass is 10.1. The fraction of sp³-hybridized carbons (Fsp3) is 0.778. The van der Waals surface area contributed by atoms with Crippen LogP contribution in [0.4, 0.5) is 0 Å². The maximum absolute atomic E-state index is 5.45. The first kappa shape index (κ1) is 9.61. The van der Waals surface area contributed by atoms with Gasteiger partial charge in [-0.15, -0.1) is 0 Å². The van der Waals surface area contributed by atoms with Gasteiger partial charge in [0.15, 0.2) is 5.82 Å². The molecule has 0 aliphatic carbocycles. The molecule has 1 fully saturated rings. The zero-order valence-corrected chi connectivity index (χ0v) is 8.60. The van der Waals surface area contributed by atoms with Crippen LogP contribution in [-0.2, 0) is 18.3 Å². The van der Waals surface area contributed by atoms with Gasteiger partial charge in [0.25, 0.3) is 0 Å². The molecule has 1 saturated heterocycles. The molecular formula is C9H16N4O. The van der Waals surface area contributed by atoms with Crippen molar-refractivity contribution in [2.45, 2.75) is 32.0 Å². The largest absolute Gasteiger partial charge is 0.377 e. The second-order valence-electron chi connectivity index (χ2n) is 3.69. The van der Waals surface area contributed by atoms with Gasteiger partial charge in [-0.25, -0.2) is 4.98 Å². The summed E-state index contributed by atoms with van der Waals surface area (Å²) in [5.74, 6) is 0.839. The molecule has 2 atom stereocenters. The van der Waals surface area contributed by atoms with Crippen LogP contribution >= 0.6 is 0 Å². The third kappa shape index (κ3) is 2.10. The van der Waals surface area contributed by atoms with Crippen LogP contribution in [0.15, 0.2) is 6.33 Å². The van der Waals surface area contributed by atoms with E-state index in [1.807, 2.05) is 7.05 Å². The van der Waals surface area contributed by atoms with Crippen molar-refractivity contribution in [2.75, 3.05) is 6.61 Å². The lowest BCUT2D eigenvalue weighted by Crippen LogP contribution is -2.34. The monoisotopic (exact) mass is 196 g/mol. The lowest BCUT2D eigenvalue weighted by Gasteiger charge is -2.14. The molecule has 0 saturated carbocycles. The van der Waals surface area contributed by atoms with E-state index in [1.54, 1.807) is 11.0 Å². The number of hydrogen-bond donors (Lipinski definition) is 1. The van der Waals surface area contributed by atoms with Crippen LogP contribution in [0.3, 0.4) is 0 Å². The van der Waals surface area contributed by atoms with Crippen molar-refractivity contribution in [1.29, 1.82) is 0 Å². The topological polar surface area (TPSA) is 52.0 Å². The normalized spacial score (nSPS) is 27.0. The van der Waals surface area contributed by atoms with Gasteiger partial charge in [0.2, 0.25) is 0 Å². The Morgan fingerprint density at radius 3 is 3.14 bits per heavy atom. The van der Waals surface area contributed by atoms with Crippen LogP contribution in [0.2, 0.25) is 0 Å². The van der Waals surface area contributed by atoms with Crippen LogP contribution in [0.1, 0.15) is 19.2 Å². The molecule has 2 unspecified atom stereocenters. The zero-order valence-electron chi connectivity index (χ0n) is 8.60. The predicted molar refractivity (Wildman–Crippen MR) is 51.7 cm³/mol. The lowest BCUT2D eigenvalue weighted by molar-refractivity contribution is 0.113. The number of nitrogens with zero attached hydrogens (tertiary/aromatic N) is 3. The van der Waals surface area contributed by atoms with Crippen molar-refractivity contribution in [3.63, 3.8) is 0 Å². The van der Waals surface area contributed by atoms with E-state index in [9.17, 15) is 0 Å². The van der Waals surface area contributed by atoms with Crippen molar-refractivity contribution in [3.8, 4) is 0 Å². The Morgan fingerprint density at radius 2 is 2.57 bits per heavy atom. The van der Waals surface area contributed by atoms with E-state index in [1.165, 1.54) is 0 Å². The molecule has 0 bridgehead atoms. The van der Waals surface area contributed by atoms with Crippen LogP contribution in [-0.4, -0.2) is 33.5 Å². The van der Waals surface area contributed by atoms with Crippen molar-refractivity contribution in [2.24, 2.45) is 7.05 Å². The Labute approximate surface area is 83.5 Å². The van der Waals surface area contributed by atoms with Crippen molar-refractivity contribution in [1.82, 2.24) is 20.1 Å². The van der Waals surface area contributed by atoms with Crippen LogP contribution < -0.4 is 5.32 Å². The number of rotatable bonds is 3. The molecule has 1 aromatic rings. The van der Waals surface area contributed by atoms with Crippen LogP contribution in [0.25, 0.3) is 0 Å². The molecule has 78 valence electrons. The average Bonchev–Trinajstić information content (AvgIpc) is 2.72. The van der Waals surface area contributed by atoms with Gasteiger partial charge in [-0.2, -0.15) is 5.10 Å². The molecule has 0 spiro atoms. The second-order valence-corrected chi connectivity index (χ2v) is 3.69. The third-order valence-corrected chi connectivity index (χ3v) is 2.55. The highest BCUT2D eigenvalue weighted by Gasteiger charge is 2.23. The maximum Gasteiger partial charge on any atom is 0.164 e. The summed E-state index contributed by atoms with van der Waals surface area (Å²) in [6.07, 6.45) is 3.10. The zero-order chi connectivity index (χ0) is 9.97. The number of aromatic nitrogens is 3. The SMILES string of the molecule is CC1OCCC1NCc1ncn(C)n1. The summed E-state index contributed by atoms with van der Waals surface area (Å²) in [5, 5.41) is 7.60. The van der Waals surface area contributed by atoms with E-state index in [0.29, 0.717) is 12.1 Å². The molecule has 2 heterocycles. The fourth-order valence-corrected chi connectivity index (χ4v) is 1.69. The van der Waals surface area contributed by atoms with Gasteiger partial charge in [0.05, 0.1) is 12.6 Å². The van der Waals surface area contributed by atoms with Gasteiger partial charge < -0.3 is 10.1 Å². The number of hydrogen-bond acceptors (Lipinski definition) is 4. The first-order chi connectivity index (χ1) is 6.75. The maximum atomic E-state index is 5.45. The molecule has 0 radical (unpaired) electrons. The van der Waals surface area contributed by atoms with E-state index in [0.717, 1.165) is 25.4 Å². The summed E-state index contributed by atoms with van der Waals surface area (Å²) in [5.41, 5.74) is 0. The van der Waals surface area contributed by atoms with Gasteiger partial charge in [-0.3, -0.25) is 4.68 Å². The van der Waals surface area contributed by atoms with Crippen LogP contribution in [0.5, 0.6) is 0 Å². The van der Waals surface area contributed by atoms with Gasteiger partial charge >= 0.3 is 0 Å². The molecule has 0 aromatic carbocycles. The predicted octanol–water partition coefficient (Wildman–Crippen LogP) is 0.0821. The highest BCUT2D eigenvalue weighted by Crippen LogP contribution is 2.12. The molecular weight excluding hydrogens is 180 g/mol. The minimum atomic E-state index is 0.304. The highest BCUT2D eigenvalue weighted by atomic mass is 16.5. The molecule has 2 rings (SSSR count). The van der Waals surface area contributed by atoms with Crippen molar-refractivity contribution < 1.29 is 4.74 Å². The van der Waals surface area contributed by atoms with Crippen LogP contribution in [0, 0.1) is 0 Å².